The zero-order valence-electron chi connectivity index (χ0n) is 10.7. The molecule has 20 heavy (non-hydrogen) atoms. The lowest BCUT2D eigenvalue weighted by molar-refractivity contribution is 0.0689. The van der Waals surface area contributed by atoms with Crippen molar-refractivity contribution in [2.24, 2.45) is 10.7 Å². The highest BCUT2D eigenvalue weighted by molar-refractivity contribution is 9.10. The van der Waals surface area contributed by atoms with Gasteiger partial charge in [0.2, 0.25) is 0 Å². The summed E-state index contributed by atoms with van der Waals surface area (Å²) in [5.41, 5.74) is 7.49. The Morgan fingerprint density at radius 2 is 2.35 bits per heavy atom. The van der Waals surface area contributed by atoms with Gasteiger partial charge in [-0.05, 0) is 18.2 Å². The summed E-state index contributed by atoms with van der Waals surface area (Å²) in [6, 6.07) is 5.48. The van der Waals surface area contributed by atoms with Gasteiger partial charge in [-0.2, -0.15) is 0 Å². The number of rotatable bonds is 2. The van der Waals surface area contributed by atoms with Gasteiger partial charge in [-0.3, -0.25) is 4.99 Å². The van der Waals surface area contributed by atoms with E-state index in [0.29, 0.717) is 12.5 Å². The van der Waals surface area contributed by atoms with E-state index in [1.54, 1.807) is 4.90 Å². The number of fused-ring (bicyclic) bond motifs is 1. The Labute approximate surface area is 123 Å². The number of hydrogen-bond donors (Lipinski definition) is 3. The average molecular weight is 337 g/mol. The lowest BCUT2D eigenvalue weighted by atomic mass is 10.0. The Balaban J connectivity index is 2.24. The van der Waals surface area contributed by atoms with Gasteiger partial charge in [0.15, 0.2) is 5.96 Å². The Morgan fingerprint density at radius 3 is 2.95 bits per heavy atom. The normalized spacial score (nSPS) is 18.6. The van der Waals surface area contributed by atoms with Gasteiger partial charge in [0.05, 0.1) is 12.6 Å². The van der Waals surface area contributed by atoms with Crippen molar-refractivity contribution in [3.8, 4) is 0 Å². The predicted molar refractivity (Wildman–Crippen MR) is 80.0 cm³/mol. The highest BCUT2D eigenvalue weighted by Crippen LogP contribution is 2.34. The van der Waals surface area contributed by atoms with Gasteiger partial charge in [-0.25, -0.2) is 4.79 Å². The quantitative estimate of drug-likeness (QED) is 0.780. The lowest BCUT2D eigenvalue weighted by Gasteiger charge is -2.21. The molecule has 0 fully saturated rings. The van der Waals surface area contributed by atoms with Crippen molar-refractivity contribution in [1.82, 2.24) is 9.88 Å². The molecule has 1 aliphatic heterocycles. The fraction of sp³-hybridized carbons (Fsp3) is 0.231. The Morgan fingerprint density at radius 1 is 1.60 bits per heavy atom. The largest absolute Gasteiger partial charge is 0.477 e. The van der Waals surface area contributed by atoms with Crippen LogP contribution >= 0.6 is 15.9 Å². The van der Waals surface area contributed by atoms with Crippen molar-refractivity contribution in [1.29, 1.82) is 0 Å². The van der Waals surface area contributed by atoms with E-state index in [9.17, 15) is 9.90 Å². The number of benzene rings is 1. The van der Waals surface area contributed by atoms with E-state index in [0.717, 1.165) is 20.9 Å². The number of guanidine groups is 1. The summed E-state index contributed by atoms with van der Waals surface area (Å²) in [7, 11) is 1.82. The first-order valence-corrected chi connectivity index (χ1v) is 6.85. The molecule has 6 nitrogen and oxygen atoms in total. The van der Waals surface area contributed by atoms with Crippen molar-refractivity contribution < 1.29 is 9.90 Å². The van der Waals surface area contributed by atoms with Crippen molar-refractivity contribution in [3.63, 3.8) is 0 Å². The number of hydrogen-bond acceptors (Lipinski definition) is 4. The van der Waals surface area contributed by atoms with Gasteiger partial charge < -0.3 is 20.7 Å². The van der Waals surface area contributed by atoms with E-state index in [-0.39, 0.29) is 11.7 Å². The lowest BCUT2D eigenvalue weighted by Crippen LogP contribution is -2.32. The number of aromatic amines is 1. The summed E-state index contributed by atoms with van der Waals surface area (Å²) in [6.07, 6.45) is 0. The van der Waals surface area contributed by atoms with Crippen molar-refractivity contribution >= 4 is 38.8 Å². The zero-order chi connectivity index (χ0) is 14.4. The Kier molecular flexibility index (Phi) is 2.93. The molecule has 0 saturated carbocycles. The van der Waals surface area contributed by atoms with Crippen LogP contribution in [0.1, 0.15) is 22.1 Å². The van der Waals surface area contributed by atoms with Crippen molar-refractivity contribution in [3.05, 3.63) is 33.9 Å². The smallest absolute Gasteiger partial charge is 0.352 e. The maximum Gasteiger partial charge on any atom is 0.352 e. The highest BCUT2D eigenvalue weighted by Gasteiger charge is 2.31. The summed E-state index contributed by atoms with van der Waals surface area (Å²) < 4.78 is 0.900. The molecule has 0 amide bonds. The molecule has 1 aromatic heterocycles. The number of likely N-dealkylation sites (N-methyl/N-ethyl adjacent to an activating group) is 1. The van der Waals surface area contributed by atoms with Gasteiger partial charge in [0.1, 0.15) is 5.69 Å². The monoisotopic (exact) mass is 336 g/mol. The number of halogens is 1. The molecular weight excluding hydrogens is 324 g/mol. The average Bonchev–Trinajstić information content (AvgIpc) is 2.91. The van der Waals surface area contributed by atoms with Crippen molar-refractivity contribution in [2.45, 2.75) is 6.04 Å². The van der Waals surface area contributed by atoms with Crippen LogP contribution in [0.25, 0.3) is 10.9 Å². The number of aromatic carboxylic acids is 1. The summed E-state index contributed by atoms with van der Waals surface area (Å²) in [4.78, 5) is 20.4. The van der Waals surface area contributed by atoms with Crippen LogP contribution in [0.4, 0.5) is 0 Å². The van der Waals surface area contributed by atoms with Gasteiger partial charge in [0.25, 0.3) is 0 Å². The summed E-state index contributed by atoms with van der Waals surface area (Å²) in [5.74, 6) is -0.554. The third-order valence-electron chi connectivity index (χ3n) is 3.60. The number of carboxylic acids is 1. The van der Waals surface area contributed by atoms with E-state index in [2.05, 4.69) is 25.9 Å². The predicted octanol–water partition coefficient (Wildman–Crippen LogP) is 1.93. The van der Waals surface area contributed by atoms with E-state index < -0.39 is 5.97 Å². The highest BCUT2D eigenvalue weighted by atomic mass is 79.9. The molecule has 0 spiro atoms. The minimum Gasteiger partial charge on any atom is -0.477 e. The van der Waals surface area contributed by atoms with Crippen LogP contribution in [0.5, 0.6) is 0 Å². The molecule has 1 atom stereocenters. The molecule has 1 aliphatic rings. The number of H-pyrrole nitrogens is 1. The van der Waals surface area contributed by atoms with Gasteiger partial charge in [-0.15, -0.1) is 0 Å². The second-order valence-corrected chi connectivity index (χ2v) is 5.65. The van der Waals surface area contributed by atoms with Gasteiger partial charge in [0, 0.05) is 28.0 Å². The molecule has 0 radical (unpaired) electrons. The first-order chi connectivity index (χ1) is 9.49. The Hall–Kier alpha value is -2.02. The molecule has 2 heterocycles. The summed E-state index contributed by atoms with van der Waals surface area (Å²) in [5, 5.41) is 10.3. The number of carboxylic acid groups (broad SMARTS) is 1. The second kappa shape index (κ2) is 4.52. The topological polar surface area (TPSA) is 94.7 Å². The number of aromatic nitrogens is 1. The van der Waals surface area contributed by atoms with Crippen LogP contribution < -0.4 is 5.73 Å². The Bertz CT molecular complexity index is 737. The van der Waals surface area contributed by atoms with Crippen LogP contribution in [0.3, 0.4) is 0 Å². The number of nitrogens with zero attached hydrogens (tertiary/aromatic N) is 2. The number of nitrogens with one attached hydrogen (secondary N) is 1. The van der Waals surface area contributed by atoms with Crippen molar-refractivity contribution in [2.75, 3.05) is 13.6 Å². The van der Waals surface area contributed by atoms with Crippen LogP contribution in [0, 0.1) is 0 Å². The SMILES string of the molecule is CN1C(N)=NC[C@@H]1c1c(C(=O)O)[nH]c2ccc(Br)cc12. The fourth-order valence-electron chi connectivity index (χ4n) is 2.56. The van der Waals surface area contributed by atoms with Crippen LogP contribution in [-0.2, 0) is 0 Å². The zero-order valence-corrected chi connectivity index (χ0v) is 12.3. The second-order valence-electron chi connectivity index (χ2n) is 4.73. The molecule has 7 heteroatoms. The third-order valence-corrected chi connectivity index (χ3v) is 4.10. The molecule has 3 rings (SSSR count). The maximum atomic E-state index is 11.5. The molecule has 2 aromatic rings. The van der Waals surface area contributed by atoms with Gasteiger partial charge >= 0.3 is 5.97 Å². The molecule has 104 valence electrons. The molecule has 0 saturated heterocycles. The number of aliphatic imine (C=N–C) groups is 1. The standard InChI is InChI=1S/C13H13BrN4O2/c1-18-9(5-16-13(18)15)10-7-4-6(14)2-3-8(7)17-11(10)12(19)20/h2-4,9,17H,5H2,1H3,(H2,15,16)(H,19,20)/t9-/m1/s1. The number of carbonyl (C=O) groups is 1. The molecule has 0 bridgehead atoms. The van der Waals surface area contributed by atoms with E-state index >= 15 is 0 Å². The minimum absolute atomic E-state index is 0.163. The summed E-state index contributed by atoms with van der Waals surface area (Å²) in [6.45, 7) is 0.460. The fourth-order valence-corrected chi connectivity index (χ4v) is 2.92. The first kappa shape index (κ1) is 13.0. The maximum absolute atomic E-state index is 11.5. The van der Waals surface area contributed by atoms with Crippen LogP contribution in [-0.4, -0.2) is 40.5 Å². The number of nitrogens with two attached hydrogens (primary N) is 1. The van der Waals surface area contributed by atoms with E-state index in [4.69, 9.17) is 5.73 Å². The van der Waals surface area contributed by atoms with E-state index in [1.807, 2.05) is 25.2 Å². The van der Waals surface area contributed by atoms with E-state index in [1.165, 1.54) is 0 Å². The van der Waals surface area contributed by atoms with Crippen LogP contribution in [0.15, 0.2) is 27.7 Å². The molecule has 1 aromatic carbocycles. The molecular formula is C13H13BrN4O2. The summed E-state index contributed by atoms with van der Waals surface area (Å²) >= 11 is 3.42. The molecule has 0 unspecified atom stereocenters. The molecule has 0 aliphatic carbocycles. The third kappa shape index (κ3) is 1.85. The minimum atomic E-state index is -0.980. The molecule has 4 N–H and O–H groups in total. The van der Waals surface area contributed by atoms with Gasteiger partial charge in [-0.1, -0.05) is 15.9 Å². The van der Waals surface area contributed by atoms with Crippen LogP contribution in [0.2, 0.25) is 0 Å². The first-order valence-electron chi connectivity index (χ1n) is 6.06.